The number of ether oxygens (including phenoxy) is 2. The van der Waals surface area contributed by atoms with Crippen LogP contribution in [0.5, 0.6) is 11.8 Å². The quantitative estimate of drug-likeness (QED) is 0.804. The summed E-state index contributed by atoms with van der Waals surface area (Å²) in [6.45, 7) is 5.52. The summed E-state index contributed by atoms with van der Waals surface area (Å²) in [5.74, 6) is 0.857. The van der Waals surface area contributed by atoms with Crippen LogP contribution in [-0.4, -0.2) is 22.3 Å². The molecule has 1 aromatic carbocycles. The zero-order chi connectivity index (χ0) is 18.9. The van der Waals surface area contributed by atoms with E-state index in [9.17, 15) is 4.79 Å². The largest absolute Gasteiger partial charge is 0.490 e. The molecule has 5 nitrogen and oxygen atoms in total. The van der Waals surface area contributed by atoms with Crippen LogP contribution in [0.25, 0.3) is 0 Å². The number of aryl methyl sites for hydroxylation is 1. The first kappa shape index (κ1) is 18.1. The second kappa shape index (κ2) is 7.37. The van der Waals surface area contributed by atoms with Crippen LogP contribution in [0.1, 0.15) is 57.2 Å². The molecule has 144 valence electrons. The standard InChI is InChI=1S/C22H28N2O3/c1-3-17-13-20(25)23-21-24(17)14-19(27-21)15-26-18-9-7-16(8-10-18)22(2)11-5-4-6-12-22/h7-10,13,19H,3-6,11-12,14-15H2,1-2H3/t19-/m0/s1. The Balaban J connectivity index is 1.38. The van der Waals surface area contributed by atoms with Gasteiger partial charge in [-0.05, 0) is 42.4 Å². The van der Waals surface area contributed by atoms with E-state index in [1.165, 1.54) is 37.7 Å². The minimum absolute atomic E-state index is 0.125. The molecule has 0 unspecified atom stereocenters. The second-order valence-corrected chi connectivity index (χ2v) is 8.03. The summed E-state index contributed by atoms with van der Waals surface area (Å²) in [6, 6.07) is 10.5. The molecule has 1 aliphatic heterocycles. The fourth-order valence-corrected chi connectivity index (χ4v) is 4.35. The number of aromatic nitrogens is 2. The van der Waals surface area contributed by atoms with Gasteiger partial charge in [-0.25, -0.2) is 0 Å². The van der Waals surface area contributed by atoms with E-state index in [0.717, 1.165) is 17.9 Å². The van der Waals surface area contributed by atoms with Gasteiger partial charge in [-0.15, -0.1) is 0 Å². The number of hydrogen-bond donors (Lipinski definition) is 0. The Labute approximate surface area is 160 Å². The van der Waals surface area contributed by atoms with Crippen molar-refractivity contribution in [1.29, 1.82) is 0 Å². The van der Waals surface area contributed by atoms with Gasteiger partial charge >= 0.3 is 0 Å². The van der Waals surface area contributed by atoms with E-state index in [1.807, 2.05) is 11.5 Å². The van der Waals surface area contributed by atoms with Crippen molar-refractivity contribution in [3.63, 3.8) is 0 Å². The van der Waals surface area contributed by atoms with Gasteiger partial charge in [0.25, 0.3) is 11.6 Å². The molecule has 5 heteroatoms. The molecule has 2 aliphatic rings. The van der Waals surface area contributed by atoms with Gasteiger partial charge in [0.05, 0.1) is 6.54 Å². The Morgan fingerprint density at radius 2 is 1.96 bits per heavy atom. The topological polar surface area (TPSA) is 53.4 Å². The number of rotatable bonds is 5. The van der Waals surface area contributed by atoms with Crippen molar-refractivity contribution in [3.05, 3.63) is 51.9 Å². The average Bonchev–Trinajstić information content (AvgIpc) is 3.09. The second-order valence-electron chi connectivity index (χ2n) is 8.03. The van der Waals surface area contributed by atoms with E-state index >= 15 is 0 Å². The van der Waals surface area contributed by atoms with Gasteiger partial charge in [-0.1, -0.05) is 45.2 Å². The maximum Gasteiger partial charge on any atom is 0.300 e. The first-order valence-corrected chi connectivity index (χ1v) is 10.1. The third-order valence-corrected chi connectivity index (χ3v) is 6.04. The predicted octanol–water partition coefficient (Wildman–Crippen LogP) is 3.87. The molecule has 0 saturated heterocycles. The summed E-state index contributed by atoms with van der Waals surface area (Å²) in [5.41, 5.74) is 2.43. The summed E-state index contributed by atoms with van der Waals surface area (Å²) in [6.07, 6.45) is 7.21. The van der Waals surface area contributed by atoms with E-state index in [1.54, 1.807) is 6.07 Å². The molecule has 2 aromatic rings. The van der Waals surface area contributed by atoms with Crippen molar-refractivity contribution in [2.24, 2.45) is 0 Å². The third kappa shape index (κ3) is 3.73. The summed E-state index contributed by atoms with van der Waals surface area (Å²) in [4.78, 5) is 15.6. The molecule has 1 atom stereocenters. The van der Waals surface area contributed by atoms with Crippen LogP contribution in [0.15, 0.2) is 35.1 Å². The predicted molar refractivity (Wildman–Crippen MR) is 105 cm³/mol. The van der Waals surface area contributed by atoms with Crippen LogP contribution >= 0.6 is 0 Å². The highest BCUT2D eigenvalue weighted by atomic mass is 16.6. The van der Waals surface area contributed by atoms with Crippen LogP contribution in [-0.2, 0) is 18.4 Å². The van der Waals surface area contributed by atoms with Crippen molar-refractivity contribution < 1.29 is 9.47 Å². The van der Waals surface area contributed by atoms with Crippen LogP contribution in [0, 0.1) is 0 Å². The van der Waals surface area contributed by atoms with Gasteiger partial charge in [0.15, 0.2) is 6.10 Å². The molecule has 0 spiro atoms. The highest BCUT2D eigenvalue weighted by Crippen LogP contribution is 2.39. The first-order chi connectivity index (χ1) is 13.1. The molecular formula is C22H28N2O3. The van der Waals surface area contributed by atoms with E-state index in [2.05, 4.69) is 36.2 Å². The van der Waals surface area contributed by atoms with Gasteiger partial charge in [-0.2, -0.15) is 4.98 Å². The minimum Gasteiger partial charge on any atom is -0.490 e. The highest BCUT2D eigenvalue weighted by molar-refractivity contribution is 5.32. The molecule has 1 aliphatic carbocycles. The van der Waals surface area contributed by atoms with Gasteiger partial charge < -0.3 is 9.47 Å². The van der Waals surface area contributed by atoms with Gasteiger partial charge in [-0.3, -0.25) is 9.36 Å². The smallest absolute Gasteiger partial charge is 0.300 e. The fourth-order valence-electron chi connectivity index (χ4n) is 4.35. The van der Waals surface area contributed by atoms with Crippen molar-refractivity contribution in [1.82, 2.24) is 9.55 Å². The molecule has 0 amide bonds. The van der Waals surface area contributed by atoms with Crippen molar-refractivity contribution >= 4 is 0 Å². The Morgan fingerprint density at radius 3 is 2.67 bits per heavy atom. The van der Waals surface area contributed by atoms with E-state index in [0.29, 0.717) is 24.6 Å². The molecule has 2 heterocycles. The van der Waals surface area contributed by atoms with Gasteiger partial charge in [0, 0.05) is 11.8 Å². The van der Waals surface area contributed by atoms with Crippen molar-refractivity contribution in [2.45, 2.75) is 70.4 Å². The number of nitrogens with zero attached hydrogens (tertiary/aromatic N) is 2. The lowest BCUT2D eigenvalue weighted by atomic mass is 9.71. The monoisotopic (exact) mass is 368 g/mol. The Hall–Kier alpha value is -2.30. The molecule has 0 bridgehead atoms. The molecule has 4 rings (SSSR count). The molecule has 1 aromatic heterocycles. The SMILES string of the molecule is CCc1cc(=O)nc2n1C[C@@H](COc1ccc(C3(C)CCCCC3)cc1)O2. The molecule has 27 heavy (non-hydrogen) atoms. The maximum atomic E-state index is 11.6. The average molecular weight is 368 g/mol. The zero-order valence-electron chi connectivity index (χ0n) is 16.2. The Kier molecular flexibility index (Phi) is 4.94. The Bertz CT molecular complexity index is 851. The van der Waals surface area contributed by atoms with E-state index < -0.39 is 0 Å². The molecule has 1 saturated carbocycles. The third-order valence-electron chi connectivity index (χ3n) is 6.04. The van der Waals surface area contributed by atoms with Crippen LogP contribution < -0.4 is 15.0 Å². The lowest BCUT2D eigenvalue weighted by Crippen LogP contribution is -2.25. The zero-order valence-corrected chi connectivity index (χ0v) is 16.2. The summed E-state index contributed by atoms with van der Waals surface area (Å²) in [5, 5.41) is 0. The highest BCUT2D eigenvalue weighted by Gasteiger charge is 2.29. The lowest BCUT2D eigenvalue weighted by Gasteiger charge is -2.34. The fraction of sp³-hybridized carbons (Fsp3) is 0.545. The minimum atomic E-state index is -0.244. The normalized spacial score (nSPS) is 20.7. The maximum absolute atomic E-state index is 11.6. The molecular weight excluding hydrogens is 340 g/mol. The van der Waals surface area contributed by atoms with E-state index in [4.69, 9.17) is 9.47 Å². The summed E-state index contributed by atoms with van der Waals surface area (Å²) < 4.78 is 13.7. The molecule has 0 radical (unpaired) electrons. The number of fused-ring (bicyclic) bond motifs is 1. The van der Waals surface area contributed by atoms with Crippen molar-refractivity contribution in [2.75, 3.05) is 6.61 Å². The summed E-state index contributed by atoms with van der Waals surface area (Å²) in [7, 11) is 0. The summed E-state index contributed by atoms with van der Waals surface area (Å²) >= 11 is 0. The number of benzene rings is 1. The number of hydrogen-bond acceptors (Lipinski definition) is 4. The van der Waals surface area contributed by atoms with Crippen molar-refractivity contribution in [3.8, 4) is 11.8 Å². The van der Waals surface area contributed by atoms with Crippen LogP contribution in [0.3, 0.4) is 0 Å². The van der Waals surface area contributed by atoms with Gasteiger partial charge in [0.2, 0.25) is 0 Å². The Morgan fingerprint density at radius 1 is 1.22 bits per heavy atom. The van der Waals surface area contributed by atoms with Crippen LogP contribution in [0.4, 0.5) is 0 Å². The molecule has 0 N–H and O–H groups in total. The first-order valence-electron chi connectivity index (χ1n) is 10.1. The van der Waals surface area contributed by atoms with Gasteiger partial charge in [0.1, 0.15) is 12.4 Å². The van der Waals surface area contributed by atoms with Crippen LogP contribution in [0.2, 0.25) is 0 Å². The lowest BCUT2D eigenvalue weighted by molar-refractivity contribution is 0.143. The van der Waals surface area contributed by atoms with E-state index in [-0.39, 0.29) is 11.7 Å². The molecule has 1 fully saturated rings.